The van der Waals surface area contributed by atoms with Crippen LogP contribution in [0.3, 0.4) is 0 Å². The molecule has 0 unspecified atom stereocenters. The van der Waals surface area contributed by atoms with Gasteiger partial charge < -0.3 is 21.5 Å². The molecule has 0 aromatic heterocycles. The van der Waals surface area contributed by atoms with Crippen molar-refractivity contribution in [2.24, 2.45) is 22.4 Å². The fourth-order valence-electron chi connectivity index (χ4n) is 4.59. The minimum Gasteiger partial charge on any atom is -0.487 e. The van der Waals surface area contributed by atoms with Crippen LogP contribution in [0.1, 0.15) is 76.1 Å². The third-order valence-corrected chi connectivity index (χ3v) is 8.23. The second-order valence-corrected chi connectivity index (χ2v) is 12.6. The van der Waals surface area contributed by atoms with E-state index in [-0.39, 0.29) is 29.1 Å². The maximum Gasteiger partial charge on any atom is 0.264 e. The fraction of sp³-hybridized carbons (Fsp3) is 0.654. The first-order valence-corrected chi connectivity index (χ1v) is 14.2. The standard InChI is InChI=1S/C26H43N5O5S/c1-14(2)12-21(18(6)32)30-24(33)20(27)10-9-11-29-25(28)31-37(34,35)23-16(4)15(3)22-19(17(23)5)13-26(7,8)36-22/h14,20-21H,9-13,27H2,1-8H3,(H,30,33)(H3,28,29,31)/t20-,21-/m0/s1. The molecule has 1 amide bonds. The van der Waals surface area contributed by atoms with Crippen molar-refractivity contribution in [3.05, 3.63) is 22.3 Å². The Labute approximate surface area is 221 Å². The molecule has 0 saturated carbocycles. The summed E-state index contributed by atoms with van der Waals surface area (Å²) in [5, 5.41) is 2.71. The summed E-state index contributed by atoms with van der Waals surface area (Å²) in [6.45, 7) is 14.9. The third-order valence-electron chi connectivity index (χ3n) is 6.61. The second kappa shape index (κ2) is 11.8. The first-order valence-electron chi connectivity index (χ1n) is 12.7. The second-order valence-electron chi connectivity index (χ2n) is 11.0. The highest BCUT2D eigenvalue weighted by molar-refractivity contribution is 7.90. The van der Waals surface area contributed by atoms with Crippen molar-refractivity contribution in [2.45, 2.75) is 104 Å². The molecule has 0 radical (unpaired) electrons. The summed E-state index contributed by atoms with van der Waals surface area (Å²) in [7, 11) is -3.98. The number of hydrogen-bond donors (Lipinski definition) is 4. The van der Waals surface area contributed by atoms with Crippen LogP contribution < -0.4 is 26.2 Å². The van der Waals surface area contributed by atoms with Gasteiger partial charge in [-0.15, -0.1) is 0 Å². The number of benzene rings is 1. The molecule has 37 heavy (non-hydrogen) atoms. The smallest absolute Gasteiger partial charge is 0.264 e. The van der Waals surface area contributed by atoms with E-state index in [0.717, 1.165) is 16.9 Å². The Morgan fingerprint density at radius 3 is 2.32 bits per heavy atom. The van der Waals surface area contributed by atoms with Gasteiger partial charge in [0.05, 0.1) is 17.0 Å². The lowest BCUT2D eigenvalue weighted by Gasteiger charge is -2.20. The van der Waals surface area contributed by atoms with Crippen molar-refractivity contribution < 1.29 is 22.7 Å². The Morgan fingerprint density at radius 1 is 1.14 bits per heavy atom. The number of Topliss-reactive ketones (excluding diaryl/α,β-unsaturated/α-hetero) is 1. The number of sulfonamides is 1. The molecule has 1 aromatic rings. The van der Waals surface area contributed by atoms with E-state index in [1.165, 1.54) is 6.92 Å². The number of nitrogens with one attached hydrogen (secondary N) is 2. The zero-order chi connectivity index (χ0) is 28.3. The van der Waals surface area contributed by atoms with E-state index in [1.54, 1.807) is 13.8 Å². The summed E-state index contributed by atoms with van der Waals surface area (Å²) < 4.78 is 34.9. The summed E-state index contributed by atoms with van der Waals surface area (Å²) in [6.07, 6.45) is 1.87. The number of nitrogens with zero attached hydrogens (tertiary/aromatic N) is 1. The van der Waals surface area contributed by atoms with Crippen LogP contribution in [0.5, 0.6) is 5.75 Å². The predicted molar refractivity (Wildman–Crippen MR) is 145 cm³/mol. The molecule has 10 nitrogen and oxygen atoms in total. The van der Waals surface area contributed by atoms with Crippen LogP contribution in [0.25, 0.3) is 0 Å². The highest BCUT2D eigenvalue weighted by Crippen LogP contribution is 2.43. The minimum atomic E-state index is -3.98. The van der Waals surface area contributed by atoms with Gasteiger partial charge in [-0.1, -0.05) is 13.8 Å². The van der Waals surface area contributed by atoms with E-state index in [4.69, 9.17) is 16.2 Å². The average molecular weight is 538 g/mol. The van der Waals surface area contributed by atoms with Gasteiger partial charge in [-0.05, 0) is 83.4 Å². The van der Waals surface area contributed by atoms with Crippen LogP contribution in [-0.2, 0) is 26.0 Å². The molecule has 0 bridgehead atoms. The van der Waals surface area contributed by atoms with E-state index in [2.05, 4.69) is 15.0 Å². The Morgan fingerprint density at radius 2 is 1.76 bits per heavy atom. The van der Waals surface area contributed by atoms with E-state index in [9.17, 15) is 18.0 Å². The van der Waals surface area contributed by atoms with Crippen LogP contribution >= 0.6 is 0 Å². The number of fused-ring (bicyclic) bond motifs is 1. The largest absolute Gasteiger partial charge is 0.487 e. The van der Waals surface area contributed by atoms with E-state index >= 15 is 0 Å². The summed E-state index contributed by atoms with van der Waals surface area (Å²) in [5.74, 6) is 0.252. The molecule has 0 saturated heterocycles. The molecule has 2 atom stereocenters. The summed E-state index contributed by atoms with van der Waals surface area (Å²) in [6, 6.07) is -1.37. The molecule has 208 valence electrons. The van der Waals surface area contributed by atoms with Crippen molar-refractivity contribution in [3.63, 3.8) is 0 Å². The predicted octanol–water partition coefficient (Wildman–Crippen LogP) is 2.15. The molecule has 0 fully saturated rings. The molecule has 6 N–H and O–H groups in total. The monoisotopic (exact) mass is 537 g/mol. The van der Waals surface area contributed by atoms with Gasteiger partial charge in [0, 0.05) is 18.5 Å². The number of carbonyl (C=O) groups is 2. The van der Waals surface area contributed by atoms with Crippen molar-refractivity contribution in [2.75, 3.05) is 6.54 Å². The molecule has 1 aliphatic rings. The fourth-order valence-corrected chi connectivity index (χ4v) is 6.11. The van der Waals surface area contributed by atoms with Crippen molar-refractivity contribution >= 4 is 27.7 Å². The van der Waals surface area contributed by atoms with Gasteiger partial charge in [0.15, 0.2) is 5.78 Å². The maximum absolute atomic E-state index is 13.2. The lowest BCUT2D eigenvalue weighted by molar-refractivity contribution is -0.128. The molecule has 0 aliphatic carbocycles. The summed E-state index contributed by atoms with van der Waals surface area (Å²) >= 11 is 0. The van der Waals surface area contributed by atoms with Crippen molar-refractivity contribution in [1.82, 2.24) is 10.0 Å². The van der Waals surface area contributed by atoms with Crippen molar-refractivity contribution in [3.8, 4) is 5.75 Å². The molecule has 1 aliphatic heterocycles. The Hall–Kier alpha value is -2.66. The molecule has 2 rings (SSSR count). The van der Waals surface area contributed by atoms with Crippen LogP contribution in [0.2, 0.25) is 0 Å². The number of ether oxygens (including phenoxy) is 1. The lowest BCUT2D eigenvalue weighted by atomic mass is 9.94. The number of hydrogen-bond acceptors (Lipinski definition) is 7. The molecule has 1 heterocycles. The molecule has 0 spiro atoms. The van der Waals surface area contributed by atoms with Gasteiger partial charge in [0.25, 0.3) is 10.0 Å². The zero-order valence-corrected chi connectivity index (χ0v) is 24.1. The topological polar surface area (TPSA) is 166 Å². The summed E-state index contributed by atoms with van der Waals surface area (Å²) in [4.78, 5) is 28.5. The van der Waals surface area contributed by atoms with E-state index < -0.39 is 33.6 Å². The maximum atomic E-state index is 13.2. The first kappa shape index (κ1) is 30.6. The quantitative estimate of drug-likeness (QED) is 0.191. The van der Waals surface area contributed by atoms with Crippen molar-refractivity contribution in [1.29, 1.82) is 0 Å². The van der Waals surface area contributed by atoms with E-state index in [1.807, 2.05) is 34.6 Å². The first-order chi connectivity index (χ1) is 17.0. The normalized spacial score (nSPS) is 16.6. The Bertz CT molecular complexity index is 1170. The number of nitrogens with two attached hydrogens (primary N) is 2. The molecule has 11 heteroatoms. The number of aliphatic imine (C=N–C) groups is 1. The number of rotatable bonds is 11. The molecular formula is C26H43N5O5S. The van der Waals surface area contributed by atoms with Crippen LogP contribution in [0.15, 0.2) is 9.89 Å². The highest BCUT2D eigenvalue weighted by atomic mass is 32.2. The number of amides is 1. The lowest BCUT2D eigenvalue weighted by Crippen LogP contribution is -2.48. The minimum absolute atomic E-state index is 0.112. The zero-order valence-electron chi connectivity index (χ0n) is 23.3. The van der Waals surface area contributed by atoms with Gasteiger partial charge in [-0.2, -0.15) is 0 Å². The van der Waals surface area contributed by atoms with Crippen LogP contribution in [-0.4, -0.2) is 50.3 Å². The number of guanidine groups is 1. The third kappa shape index (κ3) is 7.67. The Balaban J connectivity index is 2.01. The number of ketones is 1. The molecular weight excluding hydrogens is 494 g/mol. The SMILES string of the molecule is CC(=O)[C@H](CC(C)C)NC(=O)[C@@H](N)CCCN=C(N)NS(=O)(=O)c1c(C)c(C)c2c(c1C)CC(C)(C)O2. The highest BCUT2D eigenvalue weighted by Gasteiger charge is 2.36. The van der Waals surface area contributed by atoms with Gasteiger partial charge >= 0.3 is 0 Å². The number of carbonyl (C=O) groups excluding carboxylic acids is 2. The Kier molecular flexibility index (Phi) is 9.75. The summed E-state index contributed by atoms with van der Waals surface area (Å²) in [5.41, 5.74) is 14.4. The van der Waals surface area contributed by atoms with Crippen LogP contribution in [0, 0.1) is 26.7 Å². The van der Waals surface area contributed by atoms with Crippen LogP contribution in [0.4, 0.5) is 0 Å². The average Bonchev–Trinajstić information content (AvgIpc) is 3.09. The van der Waals surface area contributed by atoms with Gasteiger partial charge in [-0.25, -0.2) is 13.1 Å². The van der Waals surface area contributed by atoms with Gasteiger partial charge in [0.2, 0.25) is 11.9 Å². The van der Waals surface area contributed by atoms with E-state index in [0.29, 0.717) is 36.8 Å². The van der Waals surface area contributed by atoms with Gasteiger partial charge in [-0.3, -0.25) is 14.6 Å². The van der Waals surface area contributed by atoms with Gasteiger partial charge in [0.1, 0.15) is 11.4 Å². The molecule has 1 aromatic carbocycles.